The van der Waals surface area contributed by atoms with Gasteiger partial charge in [0.15, 0.2) is 0 Å². The van der Waals surface area contributed by atoms with Gasteiger partial charge < -0.3 is 20.5 Å². The molecule has 1 aliphatic carbocycles. The Balaban J connectivity index is 2.23. The third kappa shape index (κ3) is 7.34. The summed E-state index contributed by atoms with van der Waals surface area (Å²) in [6.45, 7) is 6.15. The summed E-state index contributed by atoms with van der Waals surface area (Å²) in [6.07, 6.45) is 3.02. The minimum atomic E-state index is -0.892. The lowest BCUT2D eigenvalue weighted by molar-refractivity contribution is -0.148. The smallest absolute Gasteiger partial charge is 0.407 e. The number of carboxylic acids is 1. The van der Waals surface area contributed by atoms with E-state index in [1.54, 1.807) is 20.8 Å². The van der Waals surface area contributed by atoms with Crippen LogP contribution in [0.5, 0.6) is 0 Å². The topological polar surface area (TPSA) is 105 Å². The number of carbonyl (C=O) groups excluding carboxylic acids is 2. The Morgan fingerprint density at radius 2 is 1.61 bits per heavy atom. The van der Waals surface area contributed by atoms with E-state index < -0.39 is 29.5 Å². The van der Waals surface area contributed by atoms with Crippen LogP contribution in [0, 0.1) is 11.8 Å². The highest BCUT2D eigenvalue weighted by molar-refractivity contribution is 5.84. The largest absolute Gasteiger partial charge is 0.481 e. The first-order valence-electron chi connectivity index (χ1n) is 8.18. The van der Waals surface area contributed by atoms with Gasteiger partial charge in [0.2, 0.25) is 5.91 Å². The summed E-state index contributed by atoms with van der Waals surface area (Å²) >= 11 is 0. The molecule has 0 bridgehead atoms. The molecule has 1 aliphatic rings. The maximum atomic E-state index is 12.1. The first-order chi connectivity index (χ1) is 10.7. The molecule has 7 nitrogen and oxygen atoms in total. The monoisotopic (exact) mass is 328 g/mol. The van der Waals surface area contributed by atoms with Crippen LogP contribution in [-0.4, -0.2) is 41.8 Å². The van der Waals surface area contributed by atoms with Crippen LogP contribution in [0.25, 0.3) is 0 Å². The number of hydrogen-bond donors (Lipinski definition) is 3. The molecule has 0 spiro atoms. The van der Waals surface area contributed by atoms with Crippen LogP contribution in [0.2, 0.25) is 0 Å². The van der Waals surface area contributed by atoms with Gasteiger partial charge in [0.25, 0.3) is 0 Å². The molecule has 0 saturated heterocycles. The maximum Gasteiger partial charge on any atom is 0.407 e. The summed E-state index contributed by atoms with van der Waals surface area (Å²) < 4.78 is 5.10. The van der Waals surface area contributed by atoms with Crippen LogP contribution in [0.4, 0.5) is 4.79 Å². The van der Waals surface area contributed by atoms with Gasteiger partial charge in [-0.05, 0) is 40.0 Å². The van der Waals surface area contributed by atoms with Crippen LogP contribution in [0.15, 0.2) is 0 Å². The number of ether oxygens (including phenoxy) is 1. The number of carboxylic acid groups (broad SMARTS) is 1. The summed E-state index contributed by atoms with van der Waals surface area (Å²) in [4.78, 5) is 34.7. The molecule has 0 aliphatic heterocycles. The minimum absolute atomic E-state index is 0.200. The van der Waals surface area contributed by atoms with Gasteiger partial charge in [-0.25, -0.2) is 4.79 Å². The van der Waals surface area contributed by atoms with E-state index in [1.807, 2.05) is 0 Å². The number of rotatable bonds is 6. The molecule has 2 amide bonds. The first kappa shape index (κ1) is 19.3. The summed E-state index contributed by atoms with van der Waals surface area (Å²) in [5.74, 6) is -2.12. The molecule has 1 saturated carbocycles. The zero-order valence-corrected chi connectivity index (χ0v) is 14.2. The highest BCUT2D eigenvalue weighted by Gasteiger charge is 2.35. The van der Waals surface area contributed by atoms with Gasteiger partial charge in [0.05, 0.1) is 11.8 Å². The molecule has 3 N–H and O–H groups in total. The zero-order valence-electron chi connectivity index (χ0n) is 14.2. The molecule has 1 rings (SSSR count). The van der Waals surface area contributed by atoms with Crippen molar-refractivity contribution in [1.29, 1.82) is 0 Å². The average Bonchev–Trinajstić information content (AvgIpc) is 2.44. The second kappa shape index (κ2) is 8.74. The van der Waals surface area contributed by atoms with E-state index in [0.29, 0.717) is 32.4 Å². The average molecular weight is 328 g/mol. The summed E-state index contributed by atoms with van der Waals surface area (Å²) in [5.41, 5.74) is -0.537. The van der Waals surface area contributed by atoms with Crippen molar-refractivity contribution in [2.45, 2.75) is 58.5 Å². The molecule has 7 heteroatoms. The van der Waals surface area contributed by atoms with E-state index >= 15 is 0 Å². The fourth-order valence-electron chi connectivity index (χ4n) is 2.68. The lowest BCUT2D eigenvalue weighted by Gasteiger charge is -2.27. The summed E-state index contributed by atoms with van der Waals surface area (Å²) in [7, 11) is 0. The van der Waals surface area contributed by atoms with Crippen molar-refractivity contribution in [1.82, 2.24) is 10.6 Å². The number of hydrogen-bond acceptors (Lipinski definition) is 4. The summed E-state index contributed by atoms with van der Waals surface area (Å²) in [6, 6.07) is 0. The number of carbonyl (C=O) groups is 3. The van der Waals surface area contributed by atoms with Gasteiger partial charge in [-0.1, -0.05) is 12.8 Å². The van der Waals surface area contributed by atoms with Gasteiger partial charge in [-0.2, -0.15) is 0 Å². The molecule has 2 unspecified atom stereocenters. The SMILES string of the molecule is CC(C)(C)OC(=O)NCCCNC(=O)C1CCCCC1C(=O)O. The van der Waals surface area contributed by atoms with Crippen LogP contribution >= 0.6 is 0 Å². The van der Waals surface area contributed by atoms with Crippen LogP contribution in [0.1, 0.15) is 52.9 Å². The molecule has 0 heterocycles. The van der Waals surface area contributed by atoms with E-state index in [9.17, 15) is 19.5 Å². The van der Waals surface area contributed by atoms with E-state index in [2.05, 4.69) is 10.6 Å². The number of aliphatic carboxylic acids is 1. The Kier molecular flexibility index (Phi) is 7.32. The zero-order chi connectivity index (χ0) is 17.5. The van der Waals surface area contributed by atoms with Crippen molar-refractivity contribution in [3.05, 3.63) is 0 Å². The van der Waals surface area contributed by atoms with Gasteiger partial charge >= 0.3 is 12.1 Å². The second-order valence-corrected chi connectivity index (χ2v) is 6.91. The van der Waals surface area contributed by atoms with Crippen LogP contribution in [-0.2, 0) is 14.3 Å². The number of amides is 2. The lowest BCUT2D eigenvalue weighted by atomic mass is 9.79. The van der Waals surface area contributed by atoms with Crippen molar-refractivity contribution in [2.75, 3.05) is 13.1 Å². The number of alkyl carbamates (subject to hydrolysis) is 1. The molecule has 2 atom stereocenters. The fraction of sp³-hybridized carbons (Fsp3) is 0.812. The highest BCUT2D eigenvalue weighted by atomic mass is 16.6. The van der Waals surface area contributed by atoms with E-state index in [4.69, 9.17) is 4.74 Å². The van der Waals surface area contributed by atoms with E-state index in [1.165, 1.54) is 0 Å². The Bertz CT molecular complexity index is 431. The van der Waals surface area contributed by atoms with Crippen molar-refractivity contribution in [3.8, 4) is 0 Å². The Morgan fingerprint density at radius 1 is 1.04 bits per heavy atom. The van der Waals surface area contributed by atoms with Gasteiger partial charge in [0, 0.05) is 13.1 Å². The van der Waals surface area contributed by atoms with Gasteiger partial charge in [-0.3, -0.25) is 9.59 Å². The normalized spacial score (nSPS) is 21.3. The predicted molar refractivity (Wildman–Crippen MR) is 84.9 cm³/mol. The first-order valence-corrected chi connectivity index (χ1v) is 8.18. The standard InChI is InChI=1S/C16H28N2O5/c1-16(2,3)23-15(22)18-10-6-9-17-13(19)11-7-4-5-8-12(11)14(20)21/h11-12H,4-10H2,1-3H3,(H,17,19)(H,18,22)(H,20,21). The van der Waals surface area contributed by atoms with Crippen molar-refractivity contribution < 1.29 is 24.2 Å². The van der Waals surface area contributed by atoms with Gasteiger partial charge in [-0.15, -0.1) is 0 Å². The quantitative estimate of drug-likeness (QED) is 0.646. The fourth-order valence-corrected chi connectivity index (χ4v) is 2.68. The Labute approximate surface area is 137 Å². The highest BCUT2D eigenvalue weighted by Crippen LogP contribution is 2.30. The molecule has 0 radical (unpaired) electrons. The number of nitrogens with one attached hydrogen (secondary N) is 2. The van der Waals surface area contributed by atoms with Crippen molar-refractivity contribution in [3.63, 3.8) is 0 Å². The molecular formula is C16H28N2O5. The predicted octanol–water partition coefficient (Wildman–Crippen LogP) is 1.91. The van der Waals surface area contributed by atoms with E-state index in [0.717, 1.165) is 12.8 Å². The molecule has 1 fully saturated rings. The van der Waals surface area contributed by atoms with Crippen molar-refractivity contribution >= 4 is 18.0 Å². The second-order valence-electron chi connectivity index (χ2n) is 6.91. The molecule has 132 valence electrons. The van der Waals surface area contributed by atoms with E-state index in [-0.39, 0.29) is 5.91 Å². The van der Waals surface area contributed by atoms with Gasteiger partial charge in [0.1, 0.15) is 5.60 Å². The van der Waals surface area contributed by atoms with Crippen LogP contribution in [0.3, 0.4) is 0 Å². The molecule has 0 aromatic rings. The Hall–Kier alpha value is -1.79. The minimum Gasteiger partial charge on any atom is -0.481 e. The lowest BCUT2D eigenvalue weighted by Crippen LogP contribution is -2.40. The summed E-state index contributed by atoms with van der Waals surface area (Å²) in [5, 5.41) is 14.6. The molecule has 23 heavy (non-hydrogen) atoms. The Morgan fingerprint density at radius 3 is 2.17 bits per heavy atom. The third-order valence-corrected chi connectivity index (χ3v) is 3.74. The van der Waals surface area contributed by atoms with Crippen molar-refractivity contribution in [2.24, 2.45) is 11.8 Å². The molecule has 0 aromatic heterocycles. The molecular weight excluding hydrogens is 300 g/mol. The van der Waals surface area contributed by atoms with Crippen LogP contribution < -0.4 is 10.6 Å². The maximum absolute atomic E-state index is 12.1. The third-order valence-electron chi connectivity index (χ3n) is 3.74. The molecule has 0 aromatic carbocycles.